The van der Waals surface area contributed by atoms with Gasteiger partial charge in [0, 0.05) is 4.88 Å². The Labute approximate surface area is 93.7 Å². The molecule has 78 valence electrons. The maximum atomic E-state index is 5.86. The molecule has 1 aromatic heterocycles. The van der Waals surface area contributed by atoms with E-state index >= 15 is 0 Å². The zero-order valence-electron chi connectivity index (χ0n) is 8.00. The molecule has 1 aromatic rings. The fourth-order valence-corrected chi connectivity index (χ4v) is 2.45. The molecular weight excluding hydrogens is 216 g/mol. The van der Waals surface area contributed by atoms with Crippen LogP contribution >= 0.6 is 22.9 Å². The molecule has 0 saturated heterocycles. The highest BCUT2D eigenvalue weighted by Crippen LogP contribution is 2.29. The van der Waals surface area contributed by atoms with E-state index in [1.165, 1.54) is 4.88 Å². The predicted octanol–water partition coefficient (Wildman–Crippen LogP) is 3.26. The van der Waals surface area contributed by atoms with Gasteiger partial charge in [0.15, 0.2) is 0 Å². The average Bonchev–Trinajstić information content (AvgIpc) is 2.60. The molecule has 0 spiro atoms. The van der Waals surface area contributed by atoms with Crippen molar-refractivity contribution in [1.29, 1.82) is 0 Å². The van der Waals surface area contributed by atoms with Crippen LogP contribution in [0.15, 0.2) is 24.8 Å². The van der Waals surface area contributed by atoms with Gasteiger partial charge in [0.1, 0.15) is 0 Å². The predicted molar refractivity (Wildman–Crippen MR) is 63.4 cm³/mol. The summed E-state index contributed by atoms with van der Waals surface area (Å²) in [6.45, 7) is 3.69. The Morgan fingerprint density at radius 1 is 1.64 bits per heavy atom. The second-order valence-electron chi connectivity index (χ2n) is 3.08. The molecule has 0 aliphatic heterocycles. The van der Waals surface area contributed by atoms with Crippen molar-refractivity contribution >= 4 is 22.9 Å². The maximum Gasteiger partial charge on any atom is 0.0931 e. The van der Waals surface area contributed by atoms with Gasteiger partial charge in [0.2, 0.25) is 0 Å². The van der Waals surface area contributed by atoms with Crippen LogP contribution in [0.4, 0.5) is 0 Å². The van der Waals surface area contributed by atoms with E-state index in [2.05, 4.69) is 12.0 Å². The summed E-state index contributed by atoms with van der Waals surface area (Å²) in [5.41, 5.74) is 2.81. The van der Waals surface area contributed by atoms with Crippen LogP contribution in [0.2, 0.25) is 4.34 Å². The Morgan fingerprint density at radius 2 is 2.43 bits per heavy atom. The smallest absolute Gasteiger partial charge is 0.0931 e. The van der Waals surface area contributed by atoms with E-state index in [1.807, 2.05) is 18.2 Å². The topological polar surface area (TPSA) is 38.0 Å². The van der Waals surface area contributed by atoms with Gasteiger partial charge < -0.3 is 0 Å². The van der Waals surface area contributed by atoms with Gasteiger partial charge in [-0.2, -0.15) is 0 Å². The first-order chi connectivity index (χ1) is 6.77. The van der Waals surface area contributed by atoms with Crippen LogP contribution in [0.1, 0.15) is 30.2 Å². The minimum Gasteiger partial charge on any atom is -0.271 e. The Balaban J connectivity index is 2.49. The lowest BCUT2D eigenvalue weighted by atomic mass is 10.1. The van der Waals surface area contributed by atoms with E-state index in [9.17, 15) is 0 Å². The summed E-state index contributed by atoms with van der Waals surface area (Å²) in [4.78, 5) is 1.20. The molecule has 2 nitrogen and oxygen atoms in total. The molecule has 1 heterocycles. The minimum atomic E-state index is 0.215. The molecule has 4 heteroatoms. The van der Waals surface area contributed by atoms with Crippen molar-refractivity contribution in [2.45, 2.75) is 25.3 Å². The van der Waals surface area contributed by atoms with Gasteiger partial charge in [-0.1, -0.05) is 17.7 Å². The van der Waals surface area contributed by atoms with Crippen LogP contribution in [0.3, 0.4) is 0 Å². The number of halogens is 1. The van der Waals surface area contributed by atoms with Crippen molar-refractivity contribution < 1.29 is 0 Å². The van der Waals surface area contributed by atoms with E-state index in [1.54, 1.807) is 11.3 Å². The number of nitrogens with two attached hydrogens (primary N) is 1. The monoisotopic (exact) mass is 230 g/mol. The molecule has 14 heavy (non-hydrogen) atoms. The number of unbranched alkanes of at least 4 members (excludes halogenated alkanes) is 1. The first-order valence-corrected chi connectivity index (χ1v) is 5.79. The van der Waals surface area contributed by atoms with Crippen LogP contribution in [-0.2, 0) is 0 Å². The quantitative estimate of drug-likeness (QED) is 0.341. The molecule has 1 atom stereocenters. The Morgan fingerprint density at radius 3 is 2.93 bits per heavy atom. The van der Waals surface area contributed by atoms with Gasteiger partial charge in [0.25, 0.3) is 0 Å². The SMILES string of the molecule is C=CCCCC(NN)c1ccc(Cl)s1. The highest BCUT2D eigenvalue weighted by Gasteiger charge is 2.10. The zero-order valence-corrected chi connectivity index (χ0v) is 9.57. The summed E-state index contributed by atoms with van der Waals surface area (Å²) in [5, 5.41) is 0. The molecule has 0 aliphatic carbocycles. The molecule has 0 amide bonds. The number of allylic oxidation sites excluding steroid dienone is 1. The van der Waals surface area contributed by atoms with E-state index in [0.717, 1.165) is 23.6 Å². The van der Waals surface area contributed by atoms with Crippen LogP contribution < -0.4 is 11.3 Å². The van der Waals surface area contributed by atoms with Crippen LogP contribution in [0, 0.1) is 0 Å². The van der Waals surface area contributed by atoms with E-state index in [-0.39, 0.29) is 6.04 Å². The molecule has 1 rings (SSSR count). The highest BCUT2D eigenvalue weighted by molar-refractivity contribution is 7.16. The summed E-state index contributed by atoms with van der Waals surface area (Å²) < 4.78 is 0.809. The molecule has 0 fully saturated rings. The van der Waals surface area contributed by atoms with Crippen LogP contribution in [0.5, 0.6) is 0 Å². The Kier molecular flexibility index (Phi) is 5.19. The fraction of sp³-hybridized carbons (Fsp3) is 0.400. The van der Waals surface area contributed by atoms with Crippen molar-refractivity contribution in [3.05, 3.63) is 34.0 Å². The van der Waals surface area contributed by atoms with Gasteiger partial charge >= 0.3 is 0 Å². The van der Waals surface area contributed by atoms with Crippen molar-refractivity contribution in [3.8, 4) is 0 Å². The number of hydrogen-bond donors (Lipinski definition) is 2. The number of nitrogens with one attached hydrogen (secondary N) is 1. The lowest BCUT2D eigenvalue weighted by molar-refractivity contribution is 0.508. The third-order valence-corrected chi connectivity index (χ3v) is 3.38. The van der Waals surface area contributed by atoms with Gasteiger partial charge in [-0.25, -0.2) is 0 Å². The van der Waals surface area contributed by atoms with Gasteiger partial charge in [-0.15, -0.1) is 17.9 Å². The molecule has 0 radical (unpaired) electrons. The van der Waals surface area contributed by atoms with Crippen LogP contribution in [0.25, 0.3) is 0 Å². The lowest BCUT2D eigenvalue weighted by Crippen LogP contribution is -2.27. The van der Waals surface area contributed by atoms with Crippen molar-refractivity contribution in [2.75, 3.05) is 0 Å². The zero-order chi connectivity index (χ0) is 10.4. The Hall–Kier alpha value is -0.350. The largest absolute Gasteiger partial charge is 0.271 e. The normalized spacial score (nSPS) is 12.7. The lowest BCUT2D eigenvalue weighted by Gasteiger charge is -2.12. The van der Waals surface area contributed by atoms with E-state index in [0.29, 0.717) is 0 Å². The number of hydrogen-bond acceptors (Lipinski definition) is 3. The summed E-state index contributed by atoms with van der Waals surface area (Å²) in [7, 11) is 0. The maximum absolute atomic E-state index is 5.86. The molecule has 3 N–H and O–H groups in total. The minimum absolute atomic E-state index is 0.215. The fourth-order valence-electron chi connectivity index (χ4n) is 1.29. The molecule has 0 saturated carbocycles. The number of thiophene rings is 1. The second kappa shape index (κ2) is 6.19. The van der Waals surface area contributed by atoms with E-state index < -0.39 is 0 Å². The summed E-state index contributed by atoms with van der Waals surface area (Å²) >= 11 is 7.43. The molecule has 1 unspecified atom stereocenters. The van der Waals surface area contributed by atoms with Crippen LogP contribution in [-0.4, -0.2) is 0 Å². The Bertz CT molecular complexity index is 285. The van der Waals surface area contributed by atoms with E-state index in [4.69, 9.17) is 17.4 Å². The molecule has 0 aromatic carbocycles. The second-order valence-corrected chi connectivity index (χ2v) is 4.83. The van der Waals surface area contributed by atoms with Gasteiger partial charge in [-0.05, 0) is 31.4 Å². The summed E-state index contributed by atoms with van der Waals surface area (Å²) in [6.07, 6.45) is 5.06. The molecule has 0 bridgehead atoms. The third-order valence-electron chi connectivity index (χ3n) is 2.04. The number of hydrazine groups is 1. The summed E-state index contributed by atoms with van der Waals surface area (Å²) in [6, 6.07) is 4.14. The first-order valence-electron chi connectivity index (χ1n) is 4.60. The standard InChI is InChI=1S/C10H15ClN2S/c1-2-3-4-5-8(13-12)9-6-7-10(11)14-9/h2,6-8,13H,1,3-5,12H2. The molecular formula is C10H15ClN2S. The third kappa shape index (κ3) is 3.42. The average molecular weight is 231 g/mol. The first kappa shape index (κ1) is 11.7. The number of rotatable bonds is 6. The van der Waals surface area contributed by atoms with Crippen molar-refractivity contribution in [3.63, 3.8) is 0 Å². The van der Waals surface area contributed by atoms with Crippen molar-refractivity contribution in [2.24, 2.45) is 5.84 Å². The molecule has 0 aliphatic rings. The highest BCUT2D eigenvalue weighted by atomic mass is 35.5. The summed E-state index contributed by atoms with van der Waals surface area (Å²) in [5.74, 6) is 5.48. The van der Waals surface area contributed by atoms with Gasteiger partial charge in [-0.3, -0.25) is 11.3 Å². The van der Waals surface area contributed by atoms with Crippen molar-refractivity contribution in [1.82, 2.24) is 5.43 Å². The van der Waals surface area contributed by atoms with Gasteiger partial charge in [0.05, 0.1) is 10.4 Å².